The number of hydrogen-bond donors (Lipinski definition) is 2. The van der Waals surface area contributed by atoms with Gasteiger partial charge < -0.3 is 14.7 Å². The molecule has 0 bridgehead atoms. The highest BCUT2D eigenvalue weighted by molar-refractivity contribution is 5.96. The van der Waals surface area contributed by atoms with E-state index in [4.69, 9.17) is 4.42 Å². The van der Waals surface area contributed by atoms with Crippen LogP contribution in [0.25, 0.3) is 11.0 Å². The van der Waals surface area contributed by atoms with Crippen molar-refractivity contribution < 1.29 is 9.21 Å². The number of amides is 1. The minimum absolute atomic E-state index is 0.0172. The lowest BCUT2D eigenvalue weighted by molar-refractivity contribution is 0.0947. The fourth-order valence-electron chi connectivity index (χ4n) is 2.46. The zero-order valence-corrected chi connectivity index (χ0v) is 12.4. The van der Waals surface area contributed by atoms with Gasteiger partial charge in [0, 0.05) is 23.3 Å². The molecule has 0 atom stereocenters. The molecule has 1 amide bonds. The van der Waals surface area contributed by atoms with E-state index < -0.39 is 11.5 Å². The first-order valence-electron chi connectivity index (χ1n) is 7.01. The Morgan fingerprint density at radius 3 is 2.73 bits per heavy atom. The molecular weight excluding hydrogens is 280 g/mol. The lowest BCUT2D eigenvalue weighted by atomic mass is 10.1. The number of benzene rings is 1. The van der Waals surface area contributed by atoms with Gasteiger partial charge in [-0.2, -0.15) is 0 Å². The minimum Gasteiger partial charge on any atom is -0.422 e. The number of rotatable bonds is 3. The van der Waals surface area contributed by atoms with Crippen molar-refractivity contribution in [3.8, 4) is 0 Å². The number of aromatic amines is 1. The van der Waals surface area contributed by atoms with Gasteiger partial charge >= 0.3 is 5.63 Å². The summed E-state index contributed by atoms with van der Waals surface area (Å²) >= 11 is 0. The van der Waals surface area contributed by atoms with Gasteiger partial charge in [-0.05, 0) is 37.6 Å². The molecule has 0 spiro atoms. The summed E-state index contributed by atoms with van der Waals surface area (Å²) in [6.45, 7) is 4.26. The van der Waals surface area contributed by atoms with Crippen molar-refractivity contribution in [1.29, 1.82) is 0 Å². The molecule has 112 valence electrons. The number of carbonyl (C=O) groups excluding carboxylic acids is 1. The summed E-state index contributed by atoms with van der Waals surface area (Å²) in [5, 5.41) is 3.48. The highest BCUT2D eigenvalue weighted by atomic mass is 16.4. The van der Waals surface area contributed by atoms with Crippen LogP contribution in [-0.4, -0.2) is 10.9 Å². The van der Waals surface area contributed by atoms with Crippen molar-refractivity contribution in [2.45, 2.75) is 20.4 Å². The van der Waals surface area contributed by atoms with Crippen molar-refractivity contribution in [3.63, 3.8) is 0 Å². The summed E-state index contributed by atoms with van der Waals surface area (Å²) in [7, 11) is 0. The van der Waals surface area contributed by atoms with E-state index in [0.29, 0.717) is 12.1 Å². The van der Waals surface area contributed by atoms with Crippen LogP contribution < -0.4 is 10.9 Å². The molecule has 22 heavy (non-hydrogen) atoms. The van der Waals surface area contributed by atoms with Crippen LogP contribution in [0.4, 0.5) is 0 Å². The summed E-state index contributed by atoms with van der Waals surface area (Å²) in [5.74, 6) is -0.433. The van der Waals surface area contributed by atoms with Gasteiger partial charge in [0.15, 0.2) is 0 Å². The molecule has 2 N–H and O–H groups in total. The van der Waals surface area contributed by atoms with Gasteiger partial charge in [0.2, 0.25) is 0 Å². The molecule has 0 unspecified atom stereocenters. The van der Waals surface area contributed by atoms with E-state index in [1.54, 1.807) is 24.3 Å². The largest absolute Gasteiger partial charge is 0.422 e. The molecule has 1 aromatic carbocycles. The molecule has 0 fully saturated rings. The normalized spacial score (nSPS) is 10.8. The van der Waals surface area contributed by atoms with Crippen LogP contribution in [0.1, 0.15) is 27.3 Å². The maximum absolute atomic E-state index is 12.2. The Kier molecular flexibility index (Phi) is 3.55. The van der Waals surface area contributed by atoms with Crippen LogP contribution in [0.2, 0.25) is 0 Å². The van der Waals surface area contributed by atoms with Crippen LogP contribution in [0.5, 0.6) is 0 Å². The van der Waals surface area contributed by atoms with Crippen LogP contribution >= 0.6 is 0 Å². The number of fused-ring (bicyclic) bond motifs is 1. The fraction of sp³-hybridized carbons (Fsp3) is 0.176. The highest BCUT2D eigenvalue weighted by Crippen LogP contribution is 2.13. The molecule has 5 nitrogen and oxygen atoms in total. The smallest absolute Gasteiger partial charge is 0.349 e. The summed E-state index contributed by atoms with van der Waals surface area (Å²) < 4.78 is 5.17. The first kappa shape index (κ1) is 14.1. The summed E-state index contributed by atoms with van der Waals surface area (Å²) in [6, 6.07) is 10.6. The lowest BCUT2D eigenvalue weighted by Crippen LogP contribution is -2.27. The van der Waals surface area contributed by atoms with Crippen molar-refractivity contribution >= 4 is 16.9 Å². The second-order valence-corrected chi connectivity index (χ2v) is 5.27. The number of aryl methyl sites for hydroxylation is 2. The maximum Gasteiger partial charge on any atom is 0.349 e. The summed E-state index contributed by atoms with van der Waals surface area (Å²) in [5.41, 5.74) is 2.90. The molecule has 2 aromatic heterocycles. The van der Waals surface area contributed by atoms with E-state index in [1.165, 1.54) is 0 Å². The van der Waals surface area contributed by atoms with Gasteiger partial charge in [-0.3, -0.25) is 4.79 Å². The topological polar surface area (TPSA) is 75.1 Å². The monoisotopic (exact) mass is 296 g/mol. The average Bonchev–Trinajstić information content (AvgIpc) is 2.82. The van der Waals surface area contributed by atoms with E-state index in [-0.39, 0.29) is 5.56 Å². The maximum atomic E-state index is 12.2. The van der Waals surface area contributed by atoms with Gasteiger partial charge in [-0.25, -0.2) is 4.79 Å². The molecule has 0 radical (unpaired) electrons. The number of H-pyrrole nitrogens is 1. The molecule has 5 heteroatoms. The predicted molar refractivity (Wildman–Crippen MR) is 83.9 cm³/mol. The summed E-state index contributed by atoms with van der Waals surface area (Å²) in [4.78, 5) is 27.3. The fourth-order valence-corrected chi connectivity index (χ4v) is 2.46. The van der Waals surface area contributed by atoms with E-state index in [0.717, 1.165) is 22.3 Å². The molecule has 0 aliphatic heterocycles. The van der Waals surface area contributed by atoms with Gasteiger partial charge in [0.05, 0.1) is 0 Å². The third kappa shape index (κ3) is 2.65. The Morgan fingerprint density at radius 1 is 1.23 bits per heavy atom. The Morgan fingerprint density at radius 2 is 2.00 bits per heavy atom. The Labute approximate surface area is 127 Å². The standard InChI is InChI=1S/C17H16N2O3/c1-10-7-13(11(2)19-10)9-18-16(20)14-8-12-5-3-4-6-15(12)22-17(14)21/h3-8,19H,9H2,1-2H3,(H,18,20). The summed E-state index contributed by atoms with van der Waals surface area (Å²) in [6.07, 6.45) is 0. The SMILES string of the molecule is Cc1cc(CNC(=O)c2cc3ccccc3oc2=O)c(C)[nH]1. The van der Waals surface area contributed by atoms with Crippen molar-refractivity contribution in [1.82, 2.24) is 10.3 Å². The van der Waals surface area contributed by atoms with E-state index in [2.05, 4.69) is 10.3 Å². The molecule has 2 heterocycles. The van der Waals surface area contributed by atoms with Crippen LogP contribution in [0.15, 0.2) is 45.6 Å². The number of para-hydroxylation sites is 1. The second-order valence-electron chi connectivity index (χ2n) is 5.27. The van der Waals surface area contributed by atoms with Gasteiger partial charge in [0.1, 0.15) is 11.1 Å². The van der Waals surface area contributed by atoms with Crippen LogP contribution in [-0.2, 0) is 6.54 Å². The van der Waals surface area contributed by atoms with Crippen molar-refractivity contribution in [3.05, 3.63) is 69.3 Å². The minimum atomic E-state index is -0.627. The van der Waals surface area contributed by atoms with Crippen LogP contribution in [0.3, 0.4) is 0 Å². The van der Waals surface area contributed by atoms with E-state index in [1.807, 2.05) is 26.0 Å². The third-order valence-electron chi connectivity index (χ3n) is 3.58. The number of aromatic nitrogens is 1. The first-order valence-corrected chi connectivity index (χ1v) is 7.01. The van der Waals surface area contributed by atoms with E-state index in [9.17, 15) is 9.59 Å². The number of hydrogen-bond acceptors (Lipinski definition) is 3. The molecule has 3 aromatic rings. The Balaban J connectivity index is 1.84. The second kappa shape index (κ2) is 5.52. The van der Waals surface area contributed by atoms with Gasteiger partial charge in [-0.15, -0.1) is 0 Å². The molecule has 0 aliphatic rings. The van der Waals surface area contributed by atoms with Gasteiger partial charge in [-0.1, -0.05) is 18.2 Å². The Hall–Kier alpha value is -2.82. The van der Waals surface area contributed by atoms with Gasteiger partial charge in [0.25, 0.3) is 5.91 Å². The number of nitrogens with one attached hydrogen (secondary N) is 2. The predicted octanol–water partition coefficient (Wildman–Crippen LogP) is 2.67. The quantitative estimate of drug-likeness (QED) is 0.730. The zero-order chi connectivity index (χ0) is 15.7. The molecule has 0 aliphatic carbocycles. The third-order valence-corrected chi connectivity index (χ3v) is 3.58. The van der Waals surface area contributed by atoms with Crippen LogP contribution in [0, 0.1) is 13.8 Å². The highest BCUT2D eigenvalue weighted by Gasteiger charge is 2.14. The zero-order valence-electron chi connectivity index (χ0n) is 12.4. The molecular formula is C17H16N2O3. The lowest BCUT2D eigenvalue weighted by Gasteiger charge is -2.05. The van der Waals surface area contributed by atoms with Crippen molar-refractivity contribution in [2.75, 3.05) is 0 Å². The molecule has 3 rings (SSSR count). The molecule has 0 saturated heterocycles. The first-order chi connectivity index (χ1) is 10.5. The van der Waals surface area contributed by atoms with Crippen molar-refractivity contribution in [2.24, 2.45) is 0 Å². The molecule has 0 saturated carbocycles. The Bertz CT molecular complexity index is 906. The van der Waals surface area contributed by atoms with E-state index >= 15 is 0 Å². The number of carbonyl (C=O) groups is 1. The average molecular weight is 296 g/mol.